The number of hydrogen-bond donors (Lipinski definition) is 0. The van der Waals surface area contributed by atoms with Crippen LogP contribution in [0.2, 0.25) is 18.1 Å². The van der Waals surface area contributed by atoms with Crippen LogP contribution in [-0.4, -0.2) is 39.3 Å². The highest BCUT2D eigenvalue weighted by Crippen LogP contribution is 2.43. The molecule has 4 heteroatoms. The molecule has 2 rings (SSSR count). The van der Waals surface area contributed by atoms with Gasteiger partial charge in [0.1, 0.15) is 12.2 Å². The molecule has 0 amide bonds. The number of hydrogen-bond acceptors (Lipinski definition) is 3. The Morgan fingerprint density at radius 3 is 2.47 bits per heavy atom. The number of fused-ring (bicyclic) bond motifs is 1. The summed E-state index contributed by atoms with van der Waals surface area (Å²) >= 11 is 0. The van der Waals surface area contributed by atoms with Crippen LogP contribution >= 0.6 is 0 Å². The molecular formula is C15H30O3Si. The first-order valence-electron chi connectivity index (χ1n) is 7.71. The minimum absolute atomic E-state index is 0.156. The van der Waals surface area contributed by atoms with Gasteiger partial charge in [-0.3, -0.25) is 0 Å². The first-order chi connectivity index (χ1) is 8.76. The quantitative estimate of drug-likeness (QED) is 0.570. The lowest BCUT2D eigenvalue weighted by Crippen LogP contribution is -2.49. The van der Waals surface area contributed by atoms with Gasteiger partial charge in [0.2, 0.25) is 0 Å². The Labute approximate surface area is 119 Å². The summed E-state index contributed by atoms with van der Waals surface area (Å²) in [5.74, 6) is 0. The molecule has 0 bridgehead atoms. The molecule has 0 aliphatic carbocycles. The van der Waals surface area contributed by atoms with Gasteiger partial charge in [-0.1, -0.05) is 40.5 Å². The minimum Gasteiger partial charge on any atom is -0.409 e. The van der Waals surface area contributed by atoms with Crippen LogP contribution in [0.3, 0.4) is 0 Å². The van der Waals surface area contributed by atoms with Crippen LogP contribution in [0.5, 0.6) is 0 Å². The Morgan fingerprint density at radius 1 is 1.21 bits per heavy atom. The van der Waals surface area contributed by atoms with Crippen LogP contribution in [0.4, 0.5) is 0 Å². The van der Waals surface area contributed by atoms with Gasteiger partial charge >= 0.3 is 0 Å². The highest BCUT2D eigenvalue weighted by molar-refractivity contribution is 6.74. The molecule has 2 aliphatic heterocycles. The Hall–Kier alpha value is 0.0969. The van der Waals surface area contributed by atoms with E-state index in [2.05, 4.69) is 40.8 Å². The Balaban J connectivity index is 1.87. The summed E-state index contributed by atoms with van der Waals surface area (Å²) in [6.07, 6.45) is 4.64. The summed E-state index contributed by atoms with van der Waals surface area (Å²) < 4.78 is 18.2. The summed E-state index contributed by atoms with van der Waals surface area (Å²) in [6.45, 7) is 14.4. The highest BCUT2D eigenvalue weighted by Gasteiger charge is 2.56. The summed E-state index contributed by atoms with van der Waals surface area (Å²) in [5, 5.41) is 0.246. The molecular weight excluding hydrogens is 256 g/mol. The lowest BCUT2D eigenvalue weighted by molar-refractivity contribution is -0.0343. The van der Waals surface area contributed by atoms with Crippen molar-refractivity contribution >= 4 is 8.32 Å². The average molecular weight is 286 g/mol. The molecule has 0 saturated carbocycles. The number of ether oxygens (including phenoxy) is 2. The van der Waals surface area contributed by atoms with E-state index in [-0.39, 0.29) is 11.1 Å². The number of rotatable bonds is 5. The largest absolute Gasteiger partial charge is 0.409 e. The Kier molecular flexibility index (Phi) is 4.46. The highest BCUT2D eigenvalue weighted by atomic mass is 28.4. The van der Waals surface area contributed by atoms with Crippen molar-refractivity contribution < 1.29 is 13.9 Å². The van der Waals surface area contributed by atoms with Gasteiger partial charge in [-0.2, -0.15) is 0 Å². The predicted molar refractivity (Wildman–Crippen MR) is 80.0 cm³/mol. The van der Waals surface area contributed by atoms with Crippen molar-refractivity contribution in [3.63, 3.8) is 0 Å². The van der Waals surface area contributed by atoms with E-state index < -0.39 is 8.32 Å². The van der Waals surface area contributed by atoms with E-state index in [1.54, 1.807) is 0 Å². The van der Waals surface area contributed by atoms with Crippen LogP contribution < -0.4 is 0 Å². The summed E-state index contributed by atoms with van der Waals surface area (Å²) in [5.41, 5.74) is 0. The fourth-order valence-corrected chi connectivity index (χ4v) is 3.76. The molecule has 2 aliphatic rings. The third-order valence-corrected chi connectivity index (χ3v) is 9.37. The van der Waals surface area contributed by atoms with Crippen molar-refractivity contribution in [1.82, 2.24) is 0 Å². The molecule has 0 spiro atoms. The normalized spacial score (nSPS) is 35.1. The first-order valence-corrected chi connectivity index (χ1v) is 10.6. The molecule has 2 heterocycles. The first kappa shape index (κ1) is 15.5. The molecule has 0 aromatic carbocycles. The van der Waals surface area contributed by atoms with Crippen LogP contribution in [0, 0.1) is 0 Å². The van der Waals surface area contributed by atoms with Crippen LogP contribution in [-0.2, 0) is 13.9 Å². The van der Waals surface area contributed by atoms with E-state index in [1.807, 2.05) is 0 Å². The minimum atomic E-state index is -1.71. The van der Waals surface area contributed by atoms with Crippen molar-refractivity contribution in [2.45, 2.75) is 89.5 Å². The van der Waals surface area contributed by atoms with Gasteiger partial charge in [0.25, 0.3) is 0 Å². The monoisotopic (exact) mass is 286 g/mol. The second kappa shape index (κ2) is 5.47. The topological polar surface area (TPSA) is 31.0 Å². The van der Waals surface area contributed by atoms with E-state index >= 15 is 0 Å². The third kappa shape index (κ3) is 3.41. The van der Waals surface area contributed by atoms with Gasteiger partial charge in [-0.05, 0) is 24.6 Å². The van der Waals surface area contributed by atoms with Crippen molar-refractivity contribution in [3.05, 3.63) is 0 Å². The van der Waals surface area contributed by atoms with Gasteiger partial charge in [-0.15, -0.1) is 0 Å². The third-order valence-electron chi connectivity index (χ3n) is 4.86. The summed E-state index contributed by atoms with van der Waals surface area (Å²) in [7, 11) is -1.71. The predicted octanol–water partition coefficient (Wildman–Crippen LogP) is 3.73. The standard InChI is InChI=1S/C15H30O3Si/c1-7-8-9-11-13-14(17-13)12(10-16-11)18-19(5,6)15(2,3)4/h11-14H,7-10H2,1-6H3/t11-,12-,13+,14-/m0/s1. The second-order valence-corrected chi connectivity index (χ2v) is 12.3. The zero-order valence-electron chi connectivity index (χ0n) is 13.4. The maximum atomic E-state index is 6.44. The van der Waals surface area contributed by atoms with Crippen LogP contribution in [0.1, 0.15) is 47.0 Å². The molecule has 3 nitrogen and oxygen atoms in total. The summed E-state index contributed by atoms with van der Waals surface area (Å²) in [6, 6.07) is 0. The Bertz CT molecular complexity index is 311. The molecule has 4 atom stereocenters. The van der Waals surface area contributed by atoms with Crippen molar-refractivity contribution in [2.24, 2.45) is 0 Å². The maximum Gasteiger partial charge on any atom is 0.192 e. The number of unbranched alkanes of at least 4 members (excludes halogenated alkanes) is 1. The molecule has 112 valence electrons. The smallest absolute Gasteiger partial charge is 0.192 e. The van der Waals surface area contributed by atoms with Crippen molar-refractivity contribution in [2.75, 3.05) is 6.61 Å². The zero-order chi connectivity index (χ0) is 14.3. The molecule has 0 aromatic rings. The molecule has 19 heavy (non-hydrogen) atoms. The van der Waals surface area contributed by atoms with E-state index in [1.165, 1.54) is 12.8 Å². The lowest BCUT2D eigenvalue weighted by Gasteiger charge is -2.40. The second-order valence-electron chi connectivity index (χ2n) is 7.50. The van der Waals surface area contributed by atoms with Gasteiger partial charge < -0.3 is 13.9 Å². The van der Waals surface area contributed by atoms with Crippen LogP contribution in [0.25, 0.3) is 0 Å². The molecule has 0 unspecified atom stereocenters. The molecule has 0 N–H and O–H groups in total. The van der Waals surface area contributed by atoms with Gasteiger partial charge in [0, 0.05) is 0 Å². The Morgan fingerprint density at radius 2 is 1.89 bits per heavy atom. The SMILES string of the molecule is CCCC[C@@H]1OC[C@H](O[Si](C)(C)C(C)(C)C)[C@@H]2O[C@@H]21. The molecule has 2 saturated heterocycles. The van der Waals surface area contributed by atoms with E-state index in [9.17, 15) is 0 Å². The van der Waals surface area contributed by atoms with Gasteiger partial charge in [0.15, 0.2) is 8.32 Å². The van der Waals surface area contributed by atoms with E-state index in [4.69, 9.17) is 13.9 Å². The fraction of sp³-hybridized carbons (Fsp3) is 1.00. The number of epoxide rings is 1. The zero-order valence-corrected chi connectivity index (χ0v) is 14.4. The maximum absolute atomic E-state index is 6.44. The average Bonchev–Trinajstić information content (AvgIpc) is 3.06. The van der Waals surface area contributed by atoms with E-state index in [0.29, 0.717) is 24.9 Å². The molecule has 2 fully saturated rings. The van der Waals surface area contributed by atoms with Gasteiger partial charge in [-0.25, -0.2) is 0 Å². The van der Waals surface area contributed by atoms with Crippen LogP contribution in [0.15, 0.2) is 0 Å². The van der Waals surface area contributed by atoms with Crippen molar-refractivity contribution in [1.29, 1.82) is 0 Å². The summed E-state index contributed by atoms with van der Waals surface area (Å²) in [4.78, 5) is 0. The fourth-order valence-electron chi connectivity index (χ4n) is 2.45. The molecule has 0 aromatic heterocycles. The molecule has 0 radical (unpaired) electrons. The van der Waals surface area contributed by atoms with Crippen molar-refractivity contribution in [3.8, 4) is 0 Å². The van der Waals surface area contributed by atoms with E-state index in [0.717, 1.165) is 6.42 Å². The van der Waals surface area contributed by atoms with Gasteiger partial charge in [0.05, 0.1) is 18.8 Å². The lowest BCUT2D eigenvalue weighted by atomic mass is 10.0.